The zero-order chi connectivity index (χ0) is 14.3. The highest BCUT2D eigenvalue weighted by atomic mass is 19.4. The van der Waals surface area contributed by atoms with Gasteiger partial charge < -0.3 is 5.32 Å². The minimum absolute atomic E-state index is 0.130. The van der Waals surface area contributed by atoms with Crippen LogP contribution in [-0.2, 0) is 6.18 Å². The molecule has 1 aromatic rings. The van der Waals surface area contributed by atoms with Crippen molar-refractivity contribution in [2.24, 2.45) is 0 Å². The largest absolute Gasteiger partial charge is 0.433 e. The summed E-state index contributed by atoms with van der Waals surface area (Å²) in [5.74, 6) is 0. The van der Waals surface area contributed by atoms with Gasteiger partial charge in [0.25, 0.3) is 0 Å². The van der Waals surface area contributed by atoms with Crippen molar-refractivity contribution < 1.29 is 18.1 Å². The Morgan fingerprint density at radius 2 is 2.11 bits per heavy atom. The maximum Gasteiger partial charge on any atom is 0.433 e. The average Bonchev–Trinajstić information content (AvgIpc) is 2.25. The molecule has 8 heteroatoms. The molecule has 0 amide bonds. The summed E-state index contributed by atoms with van der Waals surface area (Å²) in [5, 5.41) is 13.7. The van der Waals surface area contributed by atoms with Crippen LogP contribution in [0.25, 0.3) is 0 Å². The maximum atomic E-state index is 12.6. The molecule has 1 saturated carbocycles. The number of nitrogens with one attached hydrogen (secondary N) is 1. The van der Waals surface area contributed by atoms with Gasteiger partial charge in [-0.15, -0.1) is 0 Å². The van der Waals surface area contributed by atoms with Crippen molar-refractivity contribution in [3.05, 3.63) is 28.1 Å². The second-order valence-electron chi connectivity index (χ2n) is 4.88. The van der Waals surface area contributed by atoms with Crippen LogP contribution in [0.15, 0.2) is 12.3 Å². The Morgan fingerprint density at radius 1 is 1.47 bits per heavy atom. The first-order valence-electron chi connectivity index (χ1n) is 5.71. The molecule has 0 aromatic carbocycles. The lowest BCUT2D eigenvalue weighted by Crippen LogP contribution is -2.41. The van der Waals surface area contributed by atoms with Crippen molar-refractivity contribution in [2.75, 3.05) is 5.32 Å². The predicted octanol–water partition coefficient (Wildman–Crippen LogP) is 3.36. The van der Waals surface area contributed by atoms with E-state index in [0.717, 1.165) is 19.3 Å². The topological polar surface area (TPSA) is 68.1 Å². The molecule has 0 spiro atoms. The van der Waals surface area contributed by atoms with E-state index in [4.69, 9.17) is 0 Å². The molecule has 0 radical (unpaired) electrons. The van der Waals surface area contributed by atoms with Crippen LogP contribution in [0.3, 0.4) is 0 Å². The standard InChI is InChI=1S/C11H12F3N3O2/c1-10(3-2-4-10)16-7-5-9(11(12,13)14)15-6-8(7)17(18)19/h5-6H,2-4H2,1H3,(H,15,16). The van der Waals surface area contributed by atoms with E-state index in [0.29, 0.717) is 12.3 Å². The summed E-state index contributed by atoms with van der Waals surface area (Å²) >= 11 is 0. The predicted molar refractivity (Wildman–Crippen MR) is 61.8 cm³/mol. The highest BCUT2D eigenvalue weighted by molar-refractivity contribution is 5.62. The SMILES string of the molecule is CC1(Nc2cc(C(F)(F)F)ncc2[N+](=O)[O-])CCC1. The van der Waals surface area contributed by atoms with E-state index in [1.54, 1.807) is 0 Å². The van der Waals surface area contributed by atoms with Gasteiger partial charge >= 0.3 is 11.9 Å². The third kappa shape index (κ3) is 2.77. The number of hydrogen-bond acceptors (Lipinski definition) is 4. The first-order chi connectivity index (χ1) is 8.71. The lowest BCUT2D eigenvalue weighted by atomic mass is 9.78. The van der Waals surface area contributed by atoms with Crippen LogP contribution in [0.4, 0.5) is 24.5 Å². The van der Waals surface area contributed by atoms with Crippen molar-refractivity contribution in [3.63, 3.8) is 0 Å². The van der Waals surface area contributed by atoms with Gasteiger partial charge in [-0.25, -0.2) is 4.98 Å². The number of pyridine rings is 1. The molecule has 1 aliphatic carbocycles. The summed E-state index contributed by atoms with van der Waals surface area (Å²) in [4.78, 5) is 13.2. The Kier molecular flexibility index (Phi) is 3.11. The summed E-state index contributed by atoms with van der Waals surface area (Å²) in [5.41, 5.74) is -2.09. The molecule has 0 aliphatic heterocycles. The van der Waals surface area contributed by atoms with Gasteiger partial charge in [-0.2, -0.15) is 13.2 Å². The second-order valence-corrected chi connectivity index (χ2v) is 4.88. The van der Waals surface area contributed by atoms with E-state index in [1.165, 1.54) is 0 Å². The third-order valence-electron chi connectivity index (χ3n) is 3.26. The molecule has 1 aliphatic rings. The zero-order valence-electron chi connectivity index (χ0n) is 10.1. The molecule has 0 saturated heterocycles. The summed E-state index contributed by atoms with van der Waals surface area (Å²) in [6.07, 6.45) is -1.48. The normalized spacial score (nSPS) is 17.7. The van der Waals surface area contributed by atoms with Crippen LogP contribution in [-0.4, -0.2) is 15.4 Å². The summed E-state index contributed by atoms with van der Waals surface area (Å²) < 4.78 is 37.7. The van der Waals surface area contributed by atoms with Gasteiger partial charge in [0.05, 0.1) is 4.92 Å². The third-order valence-corrected chi connectivity index (χ3v) is 3.26. The quantitative estimate of drug-likeness (QED) is 0.678. The fraction of sp³-hybridized carbons (Fsp3) is 0.545. The Morgan fingerprint density at radius 3 is 2.53 bits per heavy atom. The van der Waals surface area contributed by atoms with Crippen LogP contribution in [0.5, 0.6) is 0 Å². The van der Waals surface area contributed by atoms with E-state index in [9.17, 15) is 23.3 Å². The molecule has 19 heavy (non-hydrogen) atoms. The first-order valence-corrected chi connectivity index (χ1v) is 5.71. The van der Waals surface area contributed by atoms with Crippen LogP contribution >= 0.6 is 0 Å². The Balaban J connectivity index is 2.39. The molecule has 1 heterocycles. The van der Waals surface area contributed by atoms with Crippen molar-refractivity contribution >= 4 is 11.4 Å². The molecule has 0 bridgehead atoms. The van der Waals surface area contributed by atoms with Crippen molar-refractivity contribution in [2.45, 2.75) is 37.9 Å². The van der Waals surface area contributed by atoms with Crippen molar-refractivity contribution in [3.8, 4) is 0 Å². The Labute approximate surface area is 107 Å². The van der Waals surface area contributed by atoms with E-state index in [1.807, 2.05) is 6.92 Å². The van der Waals surface area contributed by atoms with E-state index < -0.39 is 22.5 Å². The van der Waals surface area contributed by atoms with Gasteiger partial charge in [-0.05, 0) is 32.3 Å². The minimum Gasteiger partial charge on any atom is -0.374 e. The molecule has 1 aromatic heterocycles. The van der Waals surface area contributed by atoms with E-state index >= 15 is 0 Å². The fourth-order valence-electron chi connectivity index (χ4n) is 2.01. The molecular weight excluding hydrogens is 263 g/mol. The Hall–Kier alpha value is -1.86. The molecule has 0 atom stereocenters. The summed E-state index contributed by atoms with van der Waals surface area (Å²) in [6.45, 7) is 1.83. The van der Waals surface area contributed by atoms with E-state index in [-0.39, 0.29) is 11.2 Å². The summed E-state index contributed by atoms with van der Waals surface area (Å²) in [7, 11) is 0. The maximum absolute atomic E-state index is 12.6. The number of nitro groups is 1. The molecule has 5 nitrogen and oxygen atoms in total. The highest BCUT2D eigenvalue weighted by Crippen LogP contribution is 2.39. The number of alkyl halides is 3. The first kappa shape index (κ1) is 13.6. The van der Waals surface area contributed by atoms with Crippen LogP contribution < -0.4 is 5.32 Å². The Bertz CT molecular complexity index is 512. The molecule has 1 fully saturated rings. The molecule has 104 valence electrons. The number of rotatable bonds is 3. The lowest BCUT2D eigenvalue weighted by Gasteiger charge is -2.39. The van der Waals surface area contributed by atoms with Gasteiger partial charge in [0.15, 0.2) is 0 Å². The fourth-order valence-corrected chi connectivity index (χ4v) is 2.01. The minimum atomic E-state index is -4.62. The van der Waals surface area contributed by atoms with Crippen LogP contribution in [0, 0.1) is 10.1 Å². The van der Waals surface area contributed by atoms with Gasteiger partial charge in [0.2, 0.25) is 0 Å². The molecule has 1 N–H and O–H groups in total. The lowest BCUT2D eigenvalue weighted by molar-refractivity contribution is -0.384. The average molecular weight is 275 g/mol. The van der Waals surface area contributed by atoms with Gasteiger partial charge in [-0.1, -0.05) is 0 Å². The zero-order valence-corrected chi connectivity index (χ0v) is 10.1. The molecule has 2 rings (SSSR count). The van der Waals surface area contributed by atoms with Gasteiger partial charge in [0.1, 0.15) is 17.6 Å². The summed E-state index contributed by atoms with van der Waals surface area (Å²) in [6, 6.07) is 0.696. The van der Waals surface area contributed by atoms with E-state index in [2.05, 4.69) is 10.3 Å². The molecule has 0 unspecified atom stereocenters. The monoisotopic (exact) mass is 275 g/mol. The number of aromatic nitrogens is 1. The van der Waals surface area contributed by atoms with Crippen LogP contribution in [0.1, 0.15) is 31.9 Å². The number of anilines is 1. The van der Waals surface area contributed by atoms with Crippen molar-refractivity contribution in [1.29, 1.82) is 0 Å². The van der Waals surface area contributed by atoms with Gasteiger partial charge in [0, 0.05) is 5.54 Å². The number of halogens is 3. The number of nitrogens with zero attached hydrogens (tertiary/aromatic N) is 2. The molecular formula is C11H12F3N3O2. The smallest absolute Gasteiger partial charge is 0.374 e. The van der Waals surface area contributed by atoms with Crippen molar-refractivity contribution in [1.82, 2.24) is 4.98 Å². The van der Waals surface area contributed by atoms with Gasteiger partial charge in [-0.3, -0.25) is 10.1 Å². The second kappa shape index (κ2) is 4.36. The number of hydrogen-bond donors (Lipinski definition) is 1. The highest BCUT2D eigenvalue weighted by Gasteiger charge is 2.37. The van der Waals surface area contributed by atoms with Crippen LogP contribution in [0.2, 0.25) is 0 Å².